The number of anilines is 1. The first-order valence-electron chi connectivity index (χ1n) is 9.73. The van der Waals surface area contributed by atoms with Crippen LogP contribution in [0.5, 0.6) is 0 Å². The summed E-state index contributed by atoms with van der Waals surface area (Å²) >= 11 is 0. The van der Waals surface area contributed by atoms with Crippen LogP contribution >= 0.6 is 0 Å². The summed E-state index contributed by atoms with van der Waals surface area (Å²) in [6, 6.07) is 13.5. The predicted octanol–water partition coefficient (Wildman–Crippen LogP) is 4.07. The Morgan fingerprint density at radius 1 is 1.07 bits per heavy atom. The lowest BCUT2D eigenvalue weighted by Gasteiger charge is -2.08. The van der Waals surface area contributed by atoms with E-state index in [1.165, 1.54) is 0 Å². The summed E-state index contributed by atoms with van der Waals surface area (Å²) in [4.78, 5) is 31.9. The van der Waals surface area contributed by atoms with Crippen LogP contribution in [0.25, 0.3) is 22.3 Å². The number of benzene rings is 2. The van der Waals surface area contributed by atoms with Gasteiger partial charge in [0.25, 0.3) is 5.56 Å². The highest BCUT2D eigenvalue weighted by molar-refractivity contribution is 5.91. The number of carbonyl (C=O) groups is 1. The summed E-state index contributed by atoms with van der Waals surface area (Å²) in [7, 11) is 0. The second kappa shape index (κ2) is 7.94. The van der Waals surface area contributed by atoms with E-state index in [-0.39, 0.29) is 30.1 Å². The highest BCUT2D eigenvalue weighted by Crippen LogP contribution is 2.19. The first kappa shape index (κ1) is 19.6. The van der Waals surface area contributed by atoms with Crippen molar-refractivity contribution in [1.29, 1.82) is 0 Å². The molecule has 0 aliphatic carbocycles. The fourth-order valence-electron chi connectivity index (χ4n) is 3.25. The van der Waals surface area contributed by atoms with Crippen LogP contribution in [0.2, 0.25) is 0 Å². The van der Waals surface area contributed by atoms with Crippen LogP contribution in [0, 0.1) is 20.8 Å². The lowest BCUT2D eigenvalue weighted by molar-refractivity contribution is -0.116. The number of nitrogens with zero attached hydrogens (tertiary/aromatic N) is 2. The van der Waals surface area contributed by atoms with E-state index in [1.54, 1.807) is 6.07 Å². The highest BCUT2D eigenvalue weighted by Gasteiger charge is 2.15. The van der Waals surface area contributed by atoms with Gasteiger partial charge in [0.1, 0.15) is 0 Å². The first-order chi connectivity index (χ1) is 14.4. The quantitative estimate of drug-likeness (QED) is 0.524. The summed E-state index contributed by atoms with van der Waals surface area (Å²) in [5.41, 5.74) is 4.74. The molecule has 0 saturated carbocycles. The van der Waals surface area contributed by atoms with E-state index in [2.05, 4.69) is 20.4 Å². The normalized spacial score (nSPS) is 11.0. The third-order valence-electron chi connectivity index (χ3n) is 4.94. The average Bonchev–Trinajstić information content (AvgIpc) is 3.17. The third-order valence-corrected chi connectivity index (χ3v) is 4.94. The summed E-state index contributed by atoms with van der Waals surface area (Å²) in [5.74, 6) is 0.385. The van der Waals surface area contributed by atoms with Gasteiger partial charge in [0.05, 0.1) is 5.56 Å². The molecule has 7 nitrogen and oxygen atoms in total. The summed E-state index contributed by atoms with van der Waals surface area (Å²) < 4.78 is 5.25. The number of pyridine rings is 1. The van der Waals surface area contributed by atoms with Crippen LogP contribution in [-0.2, 0) is 11.2 Å². The van der Waals surface area contributed by atoms with Gasteiger partial charge in [-0.25, -0.2) is 0 Å². The topological polar surface area (TPSA) is 101 Å². The molecular weight excluding hydrogens is 380 g/mol. The first-order valence-corrected chi connectivity index (χ1v) is 9.73. The van der Waals surface area contributed by atoms with E-state index in [4.69, 9.17) is 4.52 Å². The molecule has 0 radical (unpaired) electrons. The van der Waals surface area contributed by atoms with Crippen molar-refractivity contribution in [1.82, 2.24) is 15.1 Å². The van der Waals surface area contributed by atoms with Gasteiger partial charge in [-0.15, -0.1) is 0 Å². The Bertz CT molecular complexity index is 1300. The van der Waals surface area contributed by atoms with E-state index >= 15 is 0 Å². The predicted molar refractivity (Wildman–Crippen MR) is 115 cm³/mol. The van der Waals surface area contributed by atoms with Gasteiger partial charge < -0.3 is 14.8 Å². The Morgan fingerprint density at radius 2 is 1.83 bits per heavy atom. The number of H-pyrrole nitrogens is 1. The Hall–Kier alpha value is -3.74. The standard InChI is InChI=1S/C23H22N4O3/c1-13-4-6-15(3)18(10-13)24-20(28)8-9-21-26-22(27-30-21)17-12-16-7-5-14(2)11-19(16)25-23(17)29/h4-7,10-12H,8-9H2,1-3H3,(H,24,28)(H,25,29). The van der Waals surface area contributed by atoms with E-state index < -0.39 is 0 Å². The van der Waals surface area contributed by atoms with Crippen LogP contribution in [0.4, 0.5) is 5.69 Å². The molecule has 0 spiro atoms. The zero-order valence-corrected chi connectivity index (χ0v) is 17.1. The Balaban J connectivity index is 1.47. The molecule has 2 heterocycles. The van der Waals surface area contributed by atoms with E-state index in [9.17, 15) is 9.59 Å². The summed E-state index contributed by atoms with van der Waals surface area (Å²) in [6.07, 6.45) is 0.483. The largest absolute Gasteiger partial charge is 0.339 e. The maximum Gasteiger partial charge on any atom is 0.259 e. The van der Waals surface area contributed by atoms with Gasteiger partial charge in [-0.1, -0.05) is 29.4 Å². The van der Waals surface area contributed by atoms with Gasteiger partial charge in [-0.3, -0.25) is 9.59 Å². The number of hydrogen-bond donors (Lipinski definition) is 2. The fraction of sp³-hybridized carbons (Fsp3) is 0.217. The van der Waals surface area contributed by atoms with Crippen molar-refractivity contribution in [2.75, 3.05) is 5.32 Å². The van der Waals surface area contributed by atoms with E-state index in [0.717, 1.165) is 33.3 Å². The molecular formula is C23H22N4O3. The van der Waals surface area contributed by atoms with Crippen LogP contribution in [0.3, 0.4) is 0 Å². The van der Waals surface area contributed by atoms with Crippen molar-refractivity contribution >= 4 is 22.5 Å². The van der Waals surface area contributed by atoms with Crippen LogP contribution in [0.1, 0.15) is 29.0 Å². The van der Waals surface area contributed by atoms with Crippen molar-refractivity contribution in [2.24, 2.45) is 0 Å². The summed E-state index contributed by atoms with van der Waals surface area (Å²) in [6.45, 7) is 5.89. The molecule has 2 aromatic heterocycles. The van der Waals surface area contributed by atoms with Crippen LogP contribution in [-0.4, -0.2) is 21.0 Å². The molecule has 0 atom stereocenters. The van der Waals surface area contributed by atoms with Crippen molar-refractivity contribution < 1.29 is 9.32 Å². The minimum Gasteiger partial charge on any atom is -0.339 e. The molecule has 30 heavy (non-hydrogen) atoms. The molecule has 2 N–H and O–H groups in total. The third kappa shape index (κ3) is 4.15. The number of aryl methyl sites for hydroxylation is 4. The Labute approximate surface area is 173 Å². The lowest BCUT2D eigenvalue weighted by Crippen LogP contribution is -2.13. The molecule has 0 aliphatic rings. The molecule has 2 aromatic carbocycles. The number of fused-ring (bicyclic) bond motifs is 1. The molecule has 4 rings (SSSR count). The molecule has 0 unspecified atom stereocenters. The molecule has 0 fully saturated rings. The monoisotopic (exact) mass is 402 g/mol. The molecule has 1 amide bonds. The second-order valence-electron chi connectivity index (χ2n) is 7.48. The van der Waals surface area contributed by atoms with Crippen molar-refractivity contribution in [3.63, 3.8) is 0 Å². The van der Waals surface area contributed by atoms with Gasteiger partial charge >= 0.3 is 0 Å². The fourth-order valence-corrected chi connectivity index (χ4v) is 3.25. The molecule has 0 bridgehead atoms. The molecule has 4 aromatic rings. The van der Waals surface area contributed by atoms with Crippen molar-refractivity contribution in [3.8, 4) is 11.4 Å². The number of nitrogens with one attached hydrogen (secondary N) is 2. The van der Waals surface area contributed by atoms with E-state index in [0.29, 0.717) is 11.5 Å². The van der Waals surface area contributed by atoms with Crippen molar-refractivity contribution in [3.05, 3.63) is 75.4 Å². The Kier molecular flexibility index (Phi) is 5.18. The van der Waals surface area contributed by atoms with Gasteiger partial charge in [0.15, 0.2) is 0 Å². The summed E-state index contributed by atoms with van der Waals surface area (Å²) in [5, 5.41) is 7.71. The SMILES string of the molecule is Cc1ccc(C)c(NC(=O)CCc2nc(-c3cc4ccc(C)cc4[nH]c3=O)no2)c1. The van der Waals surface area contributed by atoms with Gasteiger partial charge in [0.2, 0.25) is 17.6 Å². The van der Waals surface area contributed by atoms with Crippen molar-refractivity contribution in [2.45, 2.75) is 33.6 Å². The molecule has 0 aliphatic heterocycles. The zero-order valence-electron chi connectivity index (χ0n) is 17.1. The number of aromatic nitrogens is 3. The van der Waals surface area contributed by atoms with Crippen LogP contribution in [0.15, 0.2) is 51.8 Å². The molecule has 7 heteroatoms. The second-order valence-corrected chi connectivity index (χ2v) is 7.48. The molecule has 152 valence electrons. The number of hydrogen-bond acceptors (Lipinski definition) is 5. The minimum atomic E-state index is -0.284. The maximum atomic E-state index is 12.4. The number of rotatable bonds is 5. The smallest absolute Gasteiger partial charge is 0.259 e. The maximum absolute atomic E-state index is 12.4. The molecule has 0 saturated heterocycles. The number of carbonyl (C=O) groups excluding carboxylic acids is 1. The van der Waals surface area contributed by atoms with Gasteiger partial charge in [-0.2, -0.15) is 4.98 Å². The minimum absolute atomic E-state index is 0.137. The Morgan fingerprint density at radius 3 is 2.67 bits per heavy atom. The van der Waals surface area contributed by atoms with E-state index in [1.807, 2.05) is 57.2 Å². The van der Waals surface area contributed by atoms with Gasteiger partial charge in [-0.05, 0) is 61.0 Å². The number of aromatic amines is 1. The average molecular weight is 402 g/mol. The number of amides is 1. The van der Waals surface area contributed by atoms with Crippen LogP contribution < -0.4 is 10.9 Å². The zero-order chi connectivity index (χ0) is 21.3. The highest BCUT2D eigenvalue weighted by atomic mass is 16.5. The lowest BCUT2D eigenvalue weighted by atomic mass is 10.1. The van der Waals surface area contributed by atoms with Gasteiger partial charge in [0, 0.05) is 24.0 Å².